The lowest BCUT2D eigenvalue weighted by atomic mass is 10.3. The number of benzene rings is 2. The molecule has 0 saturated carbocycles. The van der Waals surface area contributed by atoms with Crippen LogP contribution in [0.4, 0.5) is 5.69 Å². The largest absolute Gasteiger partial charge is 0.482 e. The van der Waals surface area contributed by atoms with Gasteiger partial charge in [-0.25, -0.2) is 0 Å². The van der Waals surface area contributed by atoms with Gasteiger partial charge in [-0.05, 0) is 30.3 Å². The molecule has 0 aromatic heterocycles. The summed E-state index contributed by atoms with van der Waals surface area (Å²) in [7, 11) is 0. The molecule has 0 radical (unpaired) electrons. The Morgan fingerprint density at radius 3 is 2.57 bits per heavy atom. The molecule has 110 valence electrons. The molecule has 0 spiro atoms. The van der Waals surface area contributed by atoms with Crippen LogP contribution in [0.5, 0.6) is 5.75 Å². The van der Waals surface area contributed by atoms with E-state index >= 15 is 0 Å². The first kappa shape index (κ1) is 16.2. The highest BCUT2D eigenvalue weighted by Gasteiger charge is 2.10. The van der Waals surface area contributed by atoms with Crippen molar-refractivity contribution in [1.29, 1.82) is 0 Å². The summed E-state index contributed by atoms with van der Waals surface area (Å²) in [6.45, 7) is -0.233. The second kappa shape index (κ2) is 7.23. The number of nitrogens with one attached hydrogen (secondary N) is 1. The van der Waals surface area contributed by atoms with Gasteiger partial charge in [0.1, 0.15) is 10.8 Å². The number of amides is 1. The predicted octanol–water partition coefficient (Wildman–Crippen LogP) is 5.32. The maximum absolute atomic E-state index is 11.8. The van der Waals surface area contributed by atoms with Crippen LogP contribution in [-0.4, -0.2) is 12.5 Å². The highest BCUT2D eigenvalue weighted by molar-refractivity contribution is 6.43. The van der Waals surface area contributed by atoms with Gasteiger partial charge in [0.05, 0.1) is 15.7 Å². The van der Waals surface area contributed by atoms with Crippen LogP contribution in [0.3, 0.4) is 0 Å². The Morgan fingerprint density at radius 2 is 1.81 bits per heavy atom. The fourth-order valence-corrected chi connectivity index (χ4v) is 2.20. The van der Waals surface area contributed by atoms with Crippen molar-refractivity contribution in [1.82, 2.24) is 0 Å². The Morgan fingerprint density at radius 1 is 1.05 bits per heavy atom. The molecule has 0 aliphatic heterocycles. The zero-order valence-electron chi connectivity index (χ0n) is 10.5. The van der Waals surface area contributed by atoms with E-state index in [4.69, 9.17) is 51.1 Å². The number of anilines is 1. The molecule has 7 heteroatoms. The van der Waals surface area contributed by atoms with E-state index in [0.29, 0.717) is 26.5 Å². The molecule has 1 amide bonds. The topological polar surface area (TPSA) is 38.3 Å². The molecule has 0 saturated heterocycles. The average molecular weight is 365 g/mol. The summed E-state index contributed by atoms with van der Waals surface area (Å²) in [5.74, 6) is -0.0632. The van der Waals surface area contributed by atoms with Gasteiger partial charge in [-0.3, -0.25) is 4.79 Å². The third-order valence-electron chi connectivity index (χ3n) is 2.48. The highest BCUT2D eigenvalue weighted by Crippen LogP contribution is 2.31. The molecule has 0 bridgehead atoms. The molecule has 0 aliphatic rings. The summed E-state index contributed by atoms with van der Waals surface area (Å²) in [6, 6.07) is 9.69. The SMILES string of the molecule is O=C(COc1cccc(Cl)c1Cl)Nc1cc(Cl)ccc1Cl. The van der Waals surface area contributed by atoms with Crippen molar-refractivity contribution in [2.45, 2.75) is 0 Å². The maximum atomic E-state index is 11.8. The Kier molecular flexibility index (Phi) is 5.59. The first-order valence-corrected chi connectivity index (χ1v) is 7.30. The van der Waals surface area contributed by atoms with Crippen molar-refractivity contribution >= 4 is 58.0 Å². The van der Waals surface area contributed by atoms with Crippen molar-refractivity contribution in [2.75, 3.05) is 11.9 Å². The number of ether oxygens (including phenoxy) is 1. The predicted molar refractivity (Wildman–Crippen MR) is 87.0 cm³/mol. The minimum absolute atomic E-state index is 0.233. The molecule has 2 rings (SSSR count). The van der Waals surface area contributed by atoms with Crippen LogP contribution in [0, 0.1) is 0 Å². The molecule has 0 atom stereocenters. The highest BCUT2D eigenvalue weighted by atomic mass is 35.5. The van der Waals surface area contributed by atoms with Gasteiger partial charge in [0.25, 0.3) is 5.91 Å². The Bertz CT molecular complexity index is 676. The summed E-state index contributed by atoms with van der Waals surface area (Å²) in [4.78, 5) is 11.8. The van der Waals surface area contributed by atoms with E-state index in [9.17, 15) is 4.79 Å². The minimum Gasteiger partial charge on any atom is -0.482 e. The van der Waals surface area contributed by atoms with E-state index in [1.165, 1.54) is 0 Å². The molecular formula is C14H9Cl4NO2. The van der Waals surface area contributed by atoms with Crippen molar-refractivity contribution in [3.05, 3.63) is 56.5 Å². The minimum atomic E-state index is -0.393. The fourth-order valence-electron chi connectivity index (χ4n) is 1.52. The lowest BCUT2D eigenvalue weighted by Crippen LogP contribution is -2.20. The average Bonchev–Trinajstić information content (AvgIpc) is 2.44. The number of halogens is 4. The smallest absolute Gasteiger partial charge is 0.262 e. The second-order valence-electron chi connectivity index (χ2n) is 4.01. The zero-order chi connectivity index (χ0) is 15.4. The van der Waals surface area contributed by atoms with Gasteiger partial charge in [-0.1, -0.05) is 52.5 Å². The summed E-state index contributed by atoms with van der Waals surface area (Å²) in [5, 5.41) is 4.06. The van der Waals surface area contributed by atoms with Gasteiger partial charge in [0, 0.05) is 5.02 Å². The van der Waals surface area contributed by atoms with E-state index < -0.39 is 5.91 Å². The number of carbonyl (C=O) groups is 1. The number of carbonyl (C=O) groups excluding carboxylic acids is 1. The molecule has 0 aliphatic carbocycles. The molecule has 21 heavy (non-hydrogen) atoms. The van der Waals surface area contributed by atoms with E-state index in [0.717, 1.165) is 0 Å². The van der Waals surface area contributed by atoms with Crippen molar-refractivity contribution in [3.63, 3.8) is 0 Å². The van der Waals surface area contributed by atoms with Crippen molar-refractivity contribution < 1.29 is 9.53 Å². The van der Waals surface area contributed by atoms with E-state index in [2.05, 4.69) is 5.32 Å². The van der Waals surface area contributed by atoms with Gasteiger partial charge in [-0.15, -0.1) is 0 Å². The van der Waals surface area contributed by atoms with Gasteiger partial charge in [-0.2, -0.15) is 0 Å². The number of hydrogen-bond donors (Lipinski definition) is 1. The van der Waals surface area contributed by atoms with Crippen LogP contribution in [-0.2, 0) is 4.79 Å². The zero-order valence-corrected chi connectivity index (χ0v) is 13.5. The molecule has 1 N–H and O–H groups in total. The van der Waals surface area contributed by atoms with Gasteiger partial charge < -0.3 is 10.1 Å². The van der Waals surface area contributed by atoms with Gasteiger partial charge in [0.15, 0.2) is 6.61 Å². The Labute approximate surface area is 141 Å². The first-order valence-electron chi connectivity index (χ1n) is 5.79. The van der Waals surface area contributed by atoms with E-state index in [1.54, 1.807) is 36.4 Å². The Hall–Kier alpha value is -1.13. The lowest BCUT2D eigenvalue weighted by Gasteiger charge is -2.10. The van der Waals surface area contributed by atoms with Crippen molar-refractivity contribution in [2.24, 2.45) is 0 Å². The molecule has 3 nitrogen and oxygen atoms in total. The third-order valence-corrected chi connectivity index (χ3v) is 3.84. The molecule has 0 heterocycles. The van der Waals surface area contributed by atoms with Crippen LogP contribution in [0.2, 0.25) is 20.1 Å². The van der Waals surface area contributed by atoms with E-state index in [-0.39, 0.29) is 11.6 Å². The van der Waals surface area contributed by atoms with Crippen LogP contribution in [0.25, 0.3) is 0 Å². The molecule has 0 fully saturated rings. The fraction of sp³-hybridized carbons (Fsp3) is 0.0714. The van der Waals surface area contributed by atoms with Crippen LogP contribution < -0.4 is 10.1 Å². The van der Waals surface area contributed by atoms with Crippen molar-refractivity contribution in [3.8, 4) is 5.75 Å². The third kappa shape index (κ3) is 4.42. The lowest BCUT2D eigenvalue weighted by molar-refractivity contribution is -0.118. The molecular weight excluding hydrogens is 356 g/mol. The number of hydrogen-bond acceptors (Lipinski definition) is 2. The summed E-state index contributed by atoms with van der Waals surface area (Å²) in [6.07, 6.45) is 0. The molecule has 2 aromatic rings. The summed E-state index contributed by atoms with van der Waals surface area (Å²) in [5.41, 5.74) is 0.412. The maximum Gasteiger partial charge on any atom is 0.262 e. The van der Waals surface area contributed by atoms with Gasteiger partial charge in [0.2, 0.25) is 0 Å². The first-order chi connectivity index (χ1) is 9.97. The van der Waals surface area contributed by atoms with E-state index in [1.807, 2.05) is 0 Å². The number of rotatable bonds is 4. The quantitative estimate of drug-likeness (QED) is 0.797. The monoisotopic (exact) mass is 363 g/mol. The van der Waals surface area contributed by atoms with Crippen LogP contribution in [0.1, 0.15) is 0 Å². The molecule has 0 unspecified atom stereocenters. The van der Waals surface area contributed by atoms with Gasteiger partial charge >= 0.3 is 0 Å². The normalized spacial score (nSPS) is 10.3. The summed E-state index contributed by atoms with van der Waals surface area (Å²) < 4.78 is 5.32. The van der Waals surface area contributed by atoms with Crippen LogP contribution >= 0.6 is 46.4 Å². The standard InChI is InChI=1S/C14H9Cl4NO2/c15-8-4-5-9(16)11(6-8)19-13(20)7-21-12-3-1-2-10(17)14(12)18/h1-6H,7H2,(H,19,20). The van der Waals surface area contributed by atoms with Crippen LogP contribution in [0.15, 0.2) is 36.4 Å². The molecule has 2 aromatic carbocycles. The second-order valence-corrected chi connectivity index (χ2v) is 5.64. The Balaban J connectivity index is 1.99. The summed E-state index contributed by atoms with van der Waals surface area (Å²) >= 11 is 23.6.